The largest absolute Gasteiger partial charge is 0.463 e. The number of carbonyl (C=O) groups is 1. The maximum Gasteiger partial charge on any atom is 0.280 e. The van der Waals surface area contributed by atoms with Gasteiger partial charge in [0.1, 0.15) is 18.0 Å². The molecule has 0 aliphatic carbocycles. The molecule has 28 heavy (non-hydrogen) atoms. The van der Waals surface area contributed by atoms with E-state index >= 15 is 0 Å². The second-order valence-electron chi connectivity index (χ2n) is 6.35. The van der Waals surface area contributed by atoms with Gasteiger partial charge in [-0.25, -0.2) is 9.87 Å². The third-order valence-electron chi connectivity index (χ3n) is 4.21. The summed E-state index contributed by atoms with van der Waals surface area (Å²) in [4.78, 5) is 30.4. The third-order valence-corrected chi connectivity index (χ3v) is 4.88. The molecule has 0 bridgehead atoms. The molecule has 0 unspecified atom stereocenters. The van der Waals surface area contributed by atoms with Crippen molar-refractivity contribution in [2.75, 3.05) is 6.61 Å². The minimum absolute atomic E-state index is 0.00426. The molecule has 9 heteroatoms. The monoisotopic (exact) mass is 500 g/mol. The van der Waals surface area contributed by atoms with E-state index in [1.54, 1.807) is 12.1 Å². The molecule has 0 spiro atoms. The molecule has 0 radical (unpaired) electrons. The summed E-state index contributed by atoms with van der Waals surface area (Å²) in [7, 11) is 1.52. The van der Waals surface area contributed by atoms with Gasteiger partial charge in [-0.3, -0.25) is 14.4 Å². The van der Waals surface area contributed by atoms with Crippen molar-refractivity contribution in [3.05, 3.63) is 67.1 Å². The van der Waals surface area contributed by atoms with Crippen LogP contribution >= 0.6 is 22.6 Å². The fourth-order valence-corrected chi connectivity index (χ4v) is 3.29. The highest BCUT2D eigenvalue weighted by Gasteiger charge is 2.24. The van der Waals surface area contributed by atoms with E-state index in [0.717, 1.165) is 3.57 Å². The number of nitrogens with one attached hydrogen (secondary N) is 1. The lowest BCUT2D eigenvalue weighted by Gasteiger charge is -2.15. The highest BCUT2D eigenvalue weighted by atomic mass is 127. The molecule has 0 saturated carbocycles. The summed E-state index contributed by atoms with van der Waals surface area (Å²) in [6.45, 7) is 1.40. The van der Waals surface area contributed by atoms with Gasteiger partial charge in [-0.15, -0.1) is 0 Å². The number of pyridine rings is 1. The van der Waals surface area contributed by atoms with Crippen LogP contribution in [-0.2, 0) is 18.3 Å². The number of aromatic nitrogens is 1. The van der Waals surface area contributed by atoms with E-state index in [4.69, 9.17) is 9.25 Å². The minimum atomic E-state index is -0.774. The van der Waals surface area contributed by atoms with Crippen molar-refractivity contribution in [3.8, 4) is 0 Å². The predicted molar refractivity (Wildman–Crippen MR) is 108 cm³/mol. The lowest BCUT2D eigenvalue weighted by Crippen LogP contribution is -2.31. The Kier molecular flexibility index (Phi) is 6.16. The number of furan rings is 1. The first kappa shape index (κ1) is 20.5. The average molecular weight is 500 g/mol. The second-order valence-corrected chi connectivity index (χ2v) is 7.60. The molecule has 0 aliphatic rings. The first-order valence-electron chi connectivity index (χ1n) is 8.42. The Morgan fingerprint density at radius 2 is 2.18 bits per heavy atom. The summed E-state index contributed by atoms with van der Waals surface area (Å²) < 4.78 is 21.8. The topological polar surface area (TPSA) is 93.7 Å². The van der Waals surface area contributed by atoms with Gasteiger partial charge in [0.25, 0.3) is 11.5 Å². The van der Waals surface area contributed by atoms with Gasteiger partial charge < -0.3 is 14.1 Å². The second kappa shape index (κ2) is 8.41. The number of hydrogen-bond donors (Lipinski definition) is 2. The molecular weight excluding hydrogens is 482 g/mol. The van der Waals surface area contributed by atoms with Crippen LogP contribution in [0.5, 0.6) is 0 Å². The molecule has 1 aromatic carbocycles. The van der Waals surface area contributed by atoms with Crippen LogP contribution in [0.3, 0.4) is 0 Å². The van der Waals surface area contributed by atoms with Crippen LogP contribution in [0.1, 0.15) is 28.5 Å². The fraction of sp³-hybridized carbons (Fsp3) is 0.263. The molecule has 1 amide bonds. The molecule has 0 fully saturated rings. The van der Waals surface area contributed by atoms with Crippen molar-refractivity contribution >= 4 is 39.5 Å². The minimum Gasteiger partial charge on any atom is -0.463 e. The molecule has 2 heterocycles. The zero-order chi connectivity index (χ0) is 20.4. The van der Waals surface area contributed by atoms with Crippen molar-refractivity contribution in [1.82, 2.24) is 10.0 Å². The van der Waals surface area contributed by atoms with Gasteiger partial charge in [-0.1, -0.05) is 6.07 Å². The summed E-state index contributed by atoms with van der Waals surface area (Å²) in [5.41, 5.74) is 2.67. The van der Waals surface area contributed by atoms with Crippen molar-refractivity contribution in [2.24, 2.45) is 7.05 Å². The Balaban J connectivity index is 2.10. The summed E-state index contributed by atoms with van der Waals surface area (Å²) in [5.74, 6) is -1.09. The lowest BCUT2D eigenvalue weighted by molar-refractivity contribution is -0.00690. The SMILES string of the molecule is C[C@H](O)CONC(=O)c1c(Cc2ccc(I)cc2F)n(C)c(=O)c2ccoc12. The molecular formula is C19H18FIN2O5. The van der Waals surface area contributed by atoms with E-state index in [2.05, 4.69) is 5.48 Å². The molecule has 3 aromatic rings. The third kappa shape index (κ3) is 4.10. The standard InChI is InChI=1S/C19H18FIN2O5/c1-10(24)9-28-22-18(25)16-15(7-11-3-4-12(21)8-14(11)20)23(2)19(26)13-5-6-27-17(13)16/h3-6,8,10,24H,7,9H2,1-2H3,(H,22,25)/t10-/m0/s1. The highest BCUT2D eigenvalue weighted by Crippen LogP contribution is 2.24. The first-order chi connectivity index (χ1) is 13.3. The van der Waals surface area contributed by atoms with Gasteiger partial charge in [0.05, 0.1) is 17.8 Å². The van der Waals surface area contributed by atoms with Gasteiger partial charge in [-0.05, 0) is 53.3 Å². The van der Waals surface area contributed by atoms with Crippen LogP contribution in [0, 0.1) is 9.39 Å². The van der Waals surface area contributed by atoms with Crippen LogP contribution in [0.4, 0.5) is 4.39 Å². The number of carbonyl (C=O) groups excluding carboxylic acids is 1. The van der Waals surface area contributed by atoms with Crippen molar-refractivity contribution < 1.29 is 23.5 Å². The number of rotatable bonds is 6. The molecule has 148 valence electrons. The van der Waals surface area contributed by atoms with E-state index in [1.807, 2.05) is 22.6 Å². The van der Waals surface area contributed by atoms with Crippen molar-refractivity contribution in [3.63, 3.8) is 0 Å². The van der Waals surface area contributed by atoms with Crippen LogP contribution in [0.25, 0.3) is 11.0 Å². The lowest BCUT2D eigenvalue weighted by atomic mass is 10.0. The maximum atomic E-state index is 14.4. The number of nitrogens with zero attached hydrogens (tertiary/aromatic N) is 1. The highest BCUT2D eigenvalue weighted by molar-refractivity contribution is 14.1. The molecule has 2 aromatic heterocycles. The molecule has 2 N–H and O–H groups in total. The molecule has 1 atom stereocenters. The van der Waals surface area contributed by atoms with Crippen molar-refractivity contribution in [2.45, 2.75) is 19.4 Å². The summed E-state index contributed by atoms with van der Waals surface area (Å²) in [6, 6.07) is 6.21. The summed E-state index contributed by atoms with van der Waals surface area (Å²) >= 11 is 2.00. The van der Waals surface area contributed by atoms with Gasteiger partial charge in [0, 0.05) is 22.7 Å². The Morgan fingerprint density at radius 1 is 1.43 bits per heavy atom. The number of halogens is 2. The fourth-order valence-electron chi connectivity index (χ4n) is 2.84. The Morgan fingerprint density at radius 3 is 2.86 bits per heavy atom. The van der Waals surface area contributed by atoms with Crippen LogP contribution in [0.15, 0.2) is 39.7 Å². The van der Waals surface area contributed by atoms with E-state index in [9.17, 15) is 19.1 Å². The number of aliphatic hydroxyl groups excluding tert-OH is 1. The number of amides is 1. The number of aliphatic hydroxyl groups is 1. The van der Waals surface area contributed by atoms with E-state index in [1.165, 1.54) is 36.9 Å². The Hall–Kier alpha value is -2.24. The normalized spacial score (nSPS) is 12.3. The Bertz CT molecular complexity index is 1090. The summed E-state index contributed by atoms with van der Waals surface area (Å²) in [5, 5.41) is 9.51. The van der Waals surface area contributed by atoms with E-state index < -0.39 is 17.8 Å². The Labute approximate surface area is 173 Å². The molecule has 3 rings (SSSR count). The van der Waals surface area contributed by atoms with Crippen molar-refractivity contribution in [1.29, 1.82) is 0 Å². The molecule has 0 saturated heterocycles. The molecule has 7 nitrogen and oxygen atoms in total. The van der Waals surface area contributed by atoms with Gasteiger partial charge in [-0.2, -0.15) is 0 Å². The van der Waals surface area contributed by atoms with Crippen LogP contribution in [0.2, 0.25) is 0 Å². The first-order valence-corrected chi connectivity index (χ1v) is 9.50. The van der Waals surface area contributed by atoms with Crippen LogP contribution in [-0.4, -0.2) is 28.3 Å². The van der Waals surface area contributed by atoms with Gasteiger partial charge in [0.2, 0.25) is 0 Å². The van der Waals surface area contributed by atoms with E-state index in [-0.39, 0.29) is 40.8 Å². The summed E-state index contributed by atoms with van der Waals surface area (Å²) in [6.07, 6.45) is 0.545. The maximum absolute atomic E-state index is 14.4. The predicted octanol–water partition coefficient (Wildman–Crippen LogP) is 2.51. The number of hydroxylamine groups is 1. The number of fused-ring (bicyclic) bond motifs is 1. The number of benzene rings is 1. The van der Waals surface area contributed by atoms with Crippen LogP contribution < -0.4 is 11.0 Å². The van der Waals surface area contributed by atoms with Gasteiger partial charge >= 0.3 is 0 Å². The molecule has 0 aliphatic heterocycles. The number of hydrogen-bond acceptors (Lipinski definition) is 5. The van der Waals surface area contributed by atoms with E-state index in [0.29, 0.717) is 5.56 Å². The zero-order valence-electron chi connectivity index (χ0n) is 15.2. The zero-order valence-corrected chi connectivity index (χ0v) is 17.3. The van der Waals surface area contributed by atoms with Gasteiger partial charge in [0.15, 0.2) is 5.58 Å². The quantitative estimate of drug-likeness (QED) is 0.401. The smallest absolute Gasteiger partial charge is 0.280 e. The average Bonchev–Trinajstić information content (AvgIpc) is 3.10.